The number of hydrogen-bond donors (Lipinski definition) is 0. The monoisotopic (exact) mass is 446 g/mol. The molecule has 0 radical (unpaired) electrons. The average molecular weight is 447 g/mol. The number of fused-ring (bicyclic) bond motifs is 1. The molecule has 1 saturated carbocycles. The minimum Gasteiger partial charge on any atom is -0.493 e. The summed E-state index contributed by atoms with van der Waals surface area (Å²) in [5.41, 5.74) is 2.79. The van der Waals surface area contributed by atoms with Crippen molar-refractivity contribution in [3.63, 3.8) is 0 Å². The molecule has 0 aromatic heterocycles. The summed E-state index contributed by atoms with van der Waals surface area (Å²) in [4.78, 5) is 12.1. The quantitative estimate of drug-likeness (QED) is 0.351. The Labute approximate surface area is 197 Å². The molecule has 2 aliphatic rings. The highest BCUT2D eigenvalue weighted by atomic mass is 16.5. The highest BCUT2D eigenvalue weighted by Gasteiger charge is 2.36. The molecule has 0 N–H and O–H groups in total. The number of ether oxygens (including phenoxy) is 3. The molecule has 1 aliphatic heterocycles. The molecule has 4 atom stereocenters. The number of esters is 1. The molecule has 174 valence electrons. The third-order valence-corrected chi connectivity index (χ3v) is 6.59. The van der Waals surface area contributed by atoms with Crippen LogP contribution in [-0.2, 0) is 9.47 Å². The van der Waals surface area contributed by atoms with E-state index >= 15 is 0 Å². The van der Waals surface area contributed by atoms with Gasteiger partial charge in [-0.3, -0.25) is 0 Å². The maximum Gasteiger partial charge on any atom is 0.338 e. The van der Waals surface area contributed by atoms with E-state index < -0.39 is 0 Å². The zero-order chi connectivity index (χ0) is 23.0. The van der Waals surface area contributed by atoms with Gasteiger partial charge in [-0.15, -0.1) is 0 Å². The van der Waals surface area contributed by atoms with E-state index in [2.05, 4.69) is 25.2 Å². The predicted octanol–water partition coefficient (Wildman–Crippen LogP) is 6.33. The highest BCUT2D eigenvalue weighted by Crippen LogP contribution is 2.40. The second-order valence-corrected chi connectivity index (χ2v) is 9.01. The van der Waals surface area contributed by atoms with Crippen molar-refractivity contribution in [2.75, 3.05) is 19.8 Å². The van der Waals surface area contributed by atoms with E-state index in [1.165, 1.54) is 6.42 Å². The van der Waals surface area contributed by atoms with Crippen molar-refractivity contribution < 1.29 is 19.0 Å². The molecule has 1 aliphatic carbocycles. The highest BCUT2D eigenvalue weighted by molar-refractivity contribution is 5.90. The lowest BCUT2D eigenvalue weighted by Gasteiger charge is -2.20. The molecule has 1 heterocycles. The van der Waals surface area contributed by atoms with Crippen LogP contribution in [0.5, 0.6) is 5.75 Å². The van der Waals surface area contributed by atoms with Crippen LogP contribution < -0.4 is 4.74 Å². The zero-order valence-electron chi connectivity index (χ0n) is 19.6. The maximum absolute atomic E-state index is 12.1. The lowest BCUT2D eigenvalue weighted by atomic mass is 9.89. The molecule has 4 nitrogen and oxygen atoms in total. The normalized spacial score (nSPS) is 23.5. The molecule has 1 unspecified atom stereocenters. The van der Waals surface area contributed by atoms with Crippen LogP contribution >= 0.6 is 0 Å². The molecule has 1 fully saturated rings. The number of hydrogen-bond acceptors (Lipinski definition) is 4. The van der Waals surface area contributed by atoms with Crippen LogP contribution in [0.1, 0.15) is 49.0 Å². The number of carbonyl (C=O) groups excluding carboxylic acids is 1. The standard InChI is InChI=1S/C29H34O4/c1-3-31-29(30)24-9-7-8-23(18-24)25-14-16-27-22(15-17-28(27)33-20-25)13-12-21(2)19-32-26-10-5-4-6-11-26/h4-14,18,21-22,27-28H,3,15-17,19-20H2,1-2H3/b13-12+/t21?,22-,27+,28-/m0/s1. The summed E-state index contributed by atoms with van der Waals surface area (Å²) in [6.07, 6.45) is 10.5. The van der Waals surface area contributed by atoms with E-state index in [9.17, 15) is 4.79 Å². The number of allylic oxidation sites excluding steroid dienone is 2. The fourth-order valence-corrected chi connectivity index (χ4v) is 4.76. The first-order chi connectivity index (χ1) is 16.1. The van der Waals surface area contributed by atoms with E-state index in [0.717, 1.165) is 29.7 Å². The summed E-state index contributed by atoms with van der Waals surface area (Å²) in [6.45, 7) is 5.67. The Morgan fingerprint density at radius 3 is 2.82 bits per heavy atom. The van der Waals surface area contributed by atoms with Crippen LogP contribution in [0, 0.1) is 17.8 Å². The number of benzene rings is 2. The van der Waals surface area contributed by atoms with Gasteiger partial charge >= 0.3 is 5.97 Å². The van der Waals surface area contributed by atoms with E-state index in [-0.39, 0.29) is 12.1 Å². The number of rotatable bonds is 8. The van der Waals surface area contributed by atoms with Crippen LogP contribution in [0.3, 0.4) is 0 Å². The van der Waals surface area contributed by atoms with Crippen LogP contribution in [-0.4, -0.2) is 31.9 Å². The minimum absolute atomic E-state index is 0.276. The van der Waals surface area contributed by atoms with Gasteiger partial charge in [0.1, 0.15) is 5.75 Å². The first kappa shape index (κ1) is 23.3. The van der Waals surface area contributed by atoms with E-state index in [0.29, 0.717) is 43.1 Å². The van der Waals surface area contributed by atoms with Gasteiger partial charge in [0.05, 0.1) is 31.5 Å². The smallest absolute Gasteiger partial charge is 0.338 e. The van der Waals surface area contributed by atoms with Gasteiger partial charge in [-0.2, -0.15) is 0 Å². The van der Waals surface area contributed by atoms with Crippen molar-refractivity contribution >= 4 is 11.5 Å². The van der Waals surface area contributed by atoms with E-state index in [1.807, 2.05) is 55.5 Å². The summed E-state index contributed by atoms with van der Waals surface area (Å²) in [6, 6.07) is 17.7. The molecule has 0 spiro atoms. The van der Waals surface area contributed by atoms with Crippen molar-refractivity contribution in [1.82, 2.24) is 0 Å². The third kappa shape index (κ3) is 6.14. The van der Waals surface area contributed by atoms with Gasteiger partial charge < -0.3 is 14.2 Å². The molecule has 0 saturated heterocycles. The van der Waals surface area contributed by atoms with Gasteiger partial charge in [0.15, 0.2) is 0 Å². The lowest BCUT2D eigenvalue weighted by molar-refractivity contribution is 0.0497. The number of para-hydroxylation sites is 1. The molecule has 2 aromatic rings. The summed E-state index contributed by atoms with van der Waals surface area (Å²) in [5.74, 6) is 2.01. The molecular formula is C29H34O4. The van der Waals surface area contributed by atoms with Gasteiger partial charge in [0.25, 0.3) is 0 Å². The Balaban J connectivity index is 1.37. The Morgan fingerprint density at radius 1 is 1.15 bits per heavy atom. The van der Waals surface area contributed by atoms with Crippen LogP contribution in [0.25, 0.3) is 5.57 Å². The predicted molar refractivity (Wildman–Crippen MR) is 131 cm³/mol. The summed E-state index contributed by atoms with van der Waals surface area (Å²) >= 11 is 0. The fourth-order valence-electron chi connectivity index (χ4n) is 4.76. The SMILES string of the molecule is CCOC(=O)c1cccc(C2=CC[C@H]3[C@H](CC[C@@H]3/C=C/C(C)COc3ccccc3)OC2)c1. The lowest BCUT2D eigenvalue weighted by Crippen LogP contribution is -2.20. The second-order valence-electron chi connectivity index (χ2n) is 9.01. The molecule has 33 heavy (non-hydrogen) atoms. The molecule has 4 heteroatoms. The Morgan fingerprint density at radius 2 is 2.00 bits per heavy atom. The van der Waals surface area contributed by atoms with Gasteiger partial charge in [-0.1, -0.05) is 55.5 Å². The molecule has 4 rings (SSSR count). The van der Waals surface area contributed by atoms with Crippen molar-refractivity contribution in [2.24, 2.45) is 17.8 Å². The van der Waals surface area contributed by atoms with Crippen molar-refractivity contribution in [2.45, 2.75) is 39.2 Å². The molecule has 2 aromatic carbocycles. The number of carbonyl (C=O) groups is 1. The maximum atomic E-state index is 12.1. The van der Waals surface area contributed by atoms with Crippen molar-refractivity contribution in [3.8, 4) is 5.75 Å². The van der Waals surface area contributed by atoms with Gasteiger partial charge in [0, 0.05) is 5.92 Å². The topological polar surface area (TPSA) is 44.8 Å². The second kappa shape index (κ2) is 11.3. The third-order valence-electron chi connectivity index (χ3n) is 6.59. The minimum atomic E-state index is -0.276. The molecule has 0 bridgehead atoms. The average Bonchev–Trinajstić information content (AvgIpc) is 3.11. The van der Waals surface area contributed by atoms with Crippen LogP contribution in [0.4, 0.5) is 0 Å². The first-order valence-corrected chi connectivity index (χ1v) is 12.1. The summed E-state index contributed by atoms with van der Waals surface area (Å²) in [5, 5.41) is 0. The Kier molecular flexibility index (Phi) is 8.01. The van der Waals surface area contributed by atoms with Gasteiger partial charge in [0.2, 0.25) is 0 Å². The van der Waals surface area contributed by atoms with Crippen molar-refractivity contribution in [1.29, 1.82) is 0 Å². The largest absolute Gasteiger partial charge is 0.493 e. The zero-order valence-corrected chi connectivity index (χ0v) is 19.6. The van der Waals surface area contributed by atoms with Crippen LogP contribution in [0.15, 0.2) is 72.8 Å². The Hall–Kier alpha value is -2.85. The summed E-state index contributed by atoms with van der Waals surface area (Å²) < 4.78 is 17.4. The van der Waals surface area contributed by atoms with E-state index in [1.54, 1.807) is 6.07 Å². The summed E-state index contributed by atoms with van der Waals surface area (Å²) in [7, 11) is 0. The molecule has 0 amide bonds. The Bertz CT molecular complexity index is 978. The van der Waals surface area contributed by atoms with Gasteiger partial charge in [-0.25, -0.2) is 4.79 Å². The van der Waals surface area contributed by atoms with Gasteiger partial charge in [-0.05, 0) is 73.4 Å². The van der Waals surface area contributed by atoms with Crippen molar-refractivity contribution in [3.05, 3.63) is 84.0 Å². The van der Waals surface area contributed by atoms with E-state index in [4.69, 9.17) is 14.2 Å². The fraction of sp³-hybridized carbons (Fsp3) is 0.414. The first-order valence-electron chi connectivity index (χ1n) is 12.1. The molecular weight excluding hydrogens is 412 g/mol. The van der Waals surface area contributed by atoms with Crippen LogP contribution in [0.2, 0.25) is 0 Å².